The minimum Gasteiger partial charge on any atom is -0.508 e. The fraction of sp³-hybridized carbons (Fsp3) is 0.308. The number of likely N-dealkylation sites (tertiary alicyclic amines) is 1. The number of phenols is 1. The first-order chi connectivity index (χ1) is 9.47. The van der Waals surface area contributed by atoms with Gasteiger partial charge in [-0.2, -0.15) is 0 Å². The standard InChI is InChI=1S/C13H14N2O5/c16-8-3-4-9(13(19)20)10(6-8)14-11(17)7-15-5-1-2-12(15)18/h3-4,6,16H,1-2,5,7H2,(H,14,17)(H,19,20). The summed E-state index contributed by atoms with van der Waals surface area (Å²) in [5.74, 6) is -1.94. The second-order valence-electron chi connectivity index (χ2n) is 4.50. The number of carbonyl (C=O) groups is 3. The molecule has 0 atom stereocenters. The minimum atomic E-state index is -1.21. The molecule has 0 unspecified atom stereocenters. The SMILES string of the molecule is O=C(CN1CCCC1=O)Nc1cc(O)ccc1C(=O)O. The van der Waals surface area contributed by atoms with Crippen molar-refractivity contribution in [1.82, 2.24) is 4.90 Å². The number of nitrogens with one attached hydrogen (secondary N) is 1. The van der Waals surface area contributed by atoms with E-state index in [9.17, 15) is 19.5 Å². The van der Waals surface area contributed by atoms with Crippen LogP contribution >= 0.6 is 0 Å². The van der Waals surface area contributed by atoms with E-state index in [1.807, 2.05) is 0 Å². The highest BCUT2D eigenvalue weighted by Gasteiger charge is 2.23. The maximum Gasteiger partial charge on any atom is 0.337 e. The van der Waals surface area contributed by atoms with Crippen LogP contribution in [0, 0.1) is 0 Å². The molecule has 0 radical (unpaired) electrons. The van der Waals surface area contributed by atoms with E-state index >= 15 is 0 Å². The fourth-order valence-corrected chi connectivity index (χ4v) is 2.06. The van der Waals surface area contributed by atoms with Gasteiger partial charge < -0.3 is 20.4 Å². The van der Waals surface area contributed by atoms with Gasteiger partial charge in [-0.1, -0.05) is 0 Å². The van der Waals surface area contributed by atoms with Crippen molar-refractivity contribution in [2.45, 2.75) is 12.8 Å². The predicted octanol–water partition coefficient (Wildman–Crippen LogP) is 0.651. The largest absolute Gasteiger partial charge is 0.508 e. The van der Waals surface area contributed by atoms with Crippen LogP contribution in [0.25, 0.3) is 0 Å². The molecule has 1 fully saturated rings. The number of phenolic OH excluding ortho intramolecular Hbond substituents is 1. The summed E-state index contributed by atoms with van der Waals surface area (Å²) in [7, 11) is 0. The van der Waals surface area contributed by atoms with Crippen LogP contribution in [-0.2, 0) is 9.59 Å². The summed E-state index contributed by atoms with van der Waals surface area (Å²) in [4.78, 5) is 35.7. The molecule has 1 aliphatic rings. The van der Waals surface area contributed by atoms with Crippen molar-refractivity contribution in [2.75, 3.05) is 18.4 Å². The van der Waals surface area contributed by atoms with Crippen molar-refractivity contribution < 1.29 is 24.6 Å². The average Bonchev–Trinajstić information content (AvgIpc) is 2.74. The van der Waals surface area contributed by atoms with Crippen molar-refractivity contribution in [1.29, 1.82) is 0 Å². The first-order valence-electron chi connectivity index (χ1n) is 6.11. The zero-order chi connectivity index (χ0) is 14.7. The number of amides is 2. The second-order valence-corrected chi connectivity index (χ2v) is 4.50. The van der Waals surface area contributed by atoms with E-state index in [1.54, 1.807) is 0 Å². The van der Waals surface area contributed by atoms with Crippen LogP contribution in [-0.4, -0.2) is 46.0 Å². The third-order valence-corrected chi connectivity index (χ3v) is 3.01. The van der Waals surface area contributed by atoms with E-state index in [4.69, 9.17) is 5.11 Å². The van der Waals surface area contributed by atoms with Gasteiger partial charge in [-0.25, -0.2) is 4.79 Å². The molecule has 1 saturated heterocycles. The Labute approximate surface area is 114 Å². The van der Waals surface area contributed by atoms with Gasteiger partial charge in [0.1, 0.15) is 5.75 Å². The van der Waals surface area contributed by atoms with Gasteiger partial charge in [0.05, 0.1) is 17.8 Å². The molecule has 0 saturated carbocycles. The van der Waals surface area contributed by atoms with Gasteiger partial charge in [0.2, 0.25) is 11.8 Å². The van der Waals surface area contributed by atoms with E-state index in [0.717, 1.165) is 12.5 Å². The van der Waals surface area contributed by atoms with Gasteiger partial charge in [0.25, 0.3) is 0 Å². The number of aromatic hydroxyl groups is 1. The number of hydrogen-bond donors (Lipinski definition) is 3. The van der Waals surface area contributed by atoms with Gasteiger partial charge >= 0.3 is 5.97 Å². The quantitative estimate of drug-likeness (QED) is 0.749. The lowest BCUT2D eigenvalue weighted by Gasteiger charge is -2.15. The molecular weight excluding hydrogens is 264 g/mol. The number of rotatable bonds is 4. The lowest BCUT2D eigenvalue weighted by molar-refractivity contribution is -0.131. The third-order valence-electron chi connectivity index (χ3n) is 3.01. The van der Waals surface area contributed by atoms with Crippen molar-refractivity contribution in [3.05, 3.63) is 23.8 Å². The molecular formula is C13H14N2O5. The van der Waals surface area contributed by atoms with Gasteiger partial charge in [0, 0.05) is 19.0 Å². The summed E-state index contributed by atoms with van der Waals surface area (Å²) in [6.45, 7) is 0.408. The maximum atomic E-state index is 11.8. The van der Waals surface area contributed by atoms with E-state index in [2.05, 4.69) is 5.32 Å². The van der Waals surface area contributed by atoms with E-state index < -0.39 is 11.9 Å². The molecule has 0 bridgehead atoms. The number of benzene rings is 1. The van der Waals surface area contributed by atoms with E-state index in [0.29, 0.717) is 13.0 Å². The number of nitrogens with zero attached hydrogens (tertiary/aromatic N) is 1. The topological polar surface area (TPSA) is 107 Å². The highest BCUT2D eigenvalue weighted by molar-refractivity contribution is 6.02. The van der Waals surface area contributed by atoms with E-state index in [-0.39, 0.29) is 29.5 Å². The molecule has 0 aliphatic carbocycles. The molecule has 7 heteroatoms. The van der Waals surface area contributed by atoms with Crippen LogP contribution in [0.15, 0.2) is 18.2 Å². The number of carboxylic acids is 1. The Bertz CT molecular complexity index is 570. The lowest BCUT2D eigenvalue weighted by Crippen LogP contribution is -2.34. The molecule has 0 spiro atoms. The number of hydrogen-bond acceptors (Lipinski definition) is 4. The summed E-state index contributed by atoms with van der Waals surface area (Å²) < 4.78 is 0. The fourth-order valence-electron chi connectivity index (χ4n) is 2.06. The van der Waals surface area contributed by atoms with E-state index in [1.165, 1.54) is 17.0 Å². The molecule has 7 nitrogen and oxygen atoms in total. The number of aromatic carboxylic acids is 1. The smallest absolute Gasteiger partial charge is 0.337 e. The van der Waals surface area contributed by atoms with Crippen molar-refractivity contribution in [3.63, 3.8) is 0 Å². The van der Waals surface area contributed by atoms with Crippen LogP contribution in [0.5, 0.6) is 5.75 Å². The Morgan fingerprint density at radius 2 is 2.10 bits per heavy atom. The zero-order valence-electron chi connectivity index (χ0n) is 10.6. The Morgan fingerprint density at radius 3 is 2.70 bits per heavy atom. The summed E-state index contributed by atoms with van der Waals surface area (Å²) >= 11 is 0. The maximum absolute atomic E-state index is 11.8. The third kappa shape index (κ3) is 3.05. The summed E-state index contributed by atoms with van der Waals surface area (Å²) in [6.07, 6.45) is 1.15. The van der Waals surface area contributed by atoms with Crippen LogP contribution in [0.1, 0.15) is 23.2 Å². The predicted molar refractivity (Wildman–Crippen MR) is 69.5 cm³/mol. The monoisotopic (exact) mass is 278 g/mol. The van der Waals surface area contributed by atoms with Gasteiger partial charge in [-0.15, -0.1) is 0 Å². The zero-order valence-corrected chi connectivity index (χ0v) is 10.6. The first-order valence-corrected chi connectivity index (χ1v) is 6.11. The molecule has 2 rings (SSSR count). The van der Waals surface area contributed by atoms with Crippen molar-refractivity contribution in [3.8, 4) is 5.75 Å². The number of carboxylic acid groups (broad SMARTS) is 1. The average molecular weight is 278 g/mol. The number of carbonyl (C=O) groups excluding carboxylic acids is 2. The molecule has 3 N–H and O–H groups in total. The second kappa shape index (κ2) is 5.60. The molecule has 1 aromatic carbocycles. The number of anilines is 1. The van der Waals surface area contributed by atoms with Crippen molar-refractivity contribution in [2.24, 2.45) is 0 Å². The van der Waals surface area contributed by atoms with Gasteiger partial charge in [-0.3, -0.25) is 9.59 Å². The molecule has 1 aromatic rings. The molecule has 0 aromatic heterocycles. The molecule has 1 aliphatic heterocycles. The van der Waals surface area contributed by atoms with Crippen LogP contribution in [0.2, 0.25) is 0 Å². The highest BCUT2D eigenvalue weighted by Crippen LogP contribution is 2.22. The van der Waals surface area contributed by atoms with Crippen LogP contribution in [0.4, 0.5) is 5.69 Å². The normalized spacial score (nSPS) is 14.4. The first kappa shape index (κ1) is 13.9. The summed E-state index contributed by atoms with van der Waals surface area (Å²) in [5.41, 5.74) is -0.113. The van der Waals surface area contributed by atoms with Crippen LogP contribution in [0.3, 0.4) is 0 Å². The Hall–Kier alpha value is -2.57. The highest BCUT2D eigenvalue weighted by atomic mass is 16.4. The Balaban J connectivity index is 2.09. The van der Waals surface area contributed by atoms with Crippen LogP contribution < -0.4 is 5.32 Å². The molecule has 2 amide bonds. The van der Waals surface area contributed by atoms with Gasteiger partial charge in [0.15, 0.2) is 0 Å². The molecule has 20 heavy (non-hydrogen) atoms. The Morgan fingerprint density at radius 1 is 1.35 bits per heavy atom. The van der Waals surface area contributed by atoms with Crippen molar-refractivity contribution >= 4 is 23.5 Å². The minimum absolute atomic E-state index is 0.00847. The molecule has 1 heterocycles. The summed E-state index contributed by atoms with van der Waals surface area (Å²) in [6, 6.07) is 3.59. The Kier molecular flexibility index (Phi) is 3.88. The molecule has 106 valence electrons. The van der Waals surface area contributed by atoms with Gasteiger partial charge in [-0.05, 0) is 18.6 Å². The summed E-state index contributed by atoms with van der Waals surface area (Å²) in [5, 5.41) is 20.8. The lowest BCUT2D eigenvalue weighted by atomic mass is 10.1.